The summed E-state index contributed by atoms with van der Waals surface area (Å²) < 4.78 is 6.79. The van der Waals surface area contributed by atoms with Crippen molar-refractivity contribution < 1.29 is 4.74 Å². The van der Waals surface area contributed by atoms with Gasteiger partial charge in [0, 0.05) is 27.8 Å². The zero-order valence-corrected chi connectivity index (χ0v) is 14.2. The predicted molar refractivity (Wildman–Crippen MR) is 88.1 cm³/mol. The molecule has 1 aromatic rings. The van der Waals surface area contributed by atoms with Crippen molar-refractivity contribution in [2.45, 2.75) is 37.6 Å². The van der Waals surface area contributed by atoms with Crippen molar-refractivity contribution in [3.63, 3.8) is 0 Å². The minimum absolute atomic E-state index is 0.431. The molecule has 1 N–H and O–H groups in total. The first-order valence-electron chi connectivity index (χ1n) is 6.95. The second kappa shape index (κ2) is 10.7. The third kappa shape index (κ3) is 7.98. The van der Waals surface area contributed by atoms with Gasteiger partial charge in [0.1, 0.15) is 0 Å². The van der Waals surface area contributed by atoms with Crippen LogP contribution in [0.25, 0.3) is 0 Å². The molecule has 1 rings (SSSR count). The first kappa shape index (κ1) is 17.0. The van der Waals surface area contributed by atoms with Gasteiger partial charge in [0.2, 0.25) is 0 Å². The lowest BCUT2D eigenvalue weighted by Crippen LogP contribution is -2.36. The van der Waals surface area contributed by atoms with E-state index in [0.29, 0.717) is 6.04 Å². The summed E-state index contributed by atoms with van der Waals surface area (Å²) in [7, 11) is 0. The summed E-state index contributed by atoms with van der Waals surface area (Å²) in [6, 6.07) is 8.91. The molecule has 1 unspecified atom stereocenters. The van der Waals surface area contributed by atoms with Crippen LogP contribution in [0.3, 0.4) is 0 Å². The van der Waals surface area contributed by atoms with Gasteiger partial charge in [-0.25, -0.2) is 0 Å². The van der Waals surface area contributed by atoms with E-state index in [2.05, 4.69) is 59.4 Å². The minimum atomic E-state index is 0.431. The number of hydrogen-bond acceptors (Lipinski definition) is 3. The van der Waals surface area contributed by atoms with E-state index in [4.69, 9.17) is 4.74 Å². The lowest BCUT2D eigenvalue weighted by Gasteiger charge is -2.18. The largest absolute Gasteiger partial charge is 0.380 e. The smallest absolute Gasteiger partial charge is 0.0627 e. The topological polar surface area (TPSA) is 21.3 Å². The fourth-order valence-electron chi connectivity index (χ4n) is 1.61. The fourth-order valence-corrected chi connectivity index (χ4v) is 2.81. The van der Waals surface area contributed by atoms with E-state index in [1.54, 1.807) is 0 Å². The Kier molecular flexibility index (Phi) is 9.61. The molecule has 0 aliphatic heterocycles. The molecule has 0 aliphatic rings. The van der Waals surface area contributed by atoms with Crippen LogP contribution in [-0.2, 0) is 4.74 Å². The molecule has 0 bridgehead atoms. The summed E-state index contributed by atoms with van der Waals surface area (Å²) in [4.78, 5) is 1.31. The second-order valence-electron chi connectivity index (χ2n) is 4.49. The molecule has 1 atom stereocenters. The average Bonchev–Trinajstić information content (AvgIpc) is 2.43. The first-order valence-corrected chi connectivity index (χ1v) is 8.73. The summed E-state index contributed by atoms with van der Waals surface area (Å²) >= 11 is 5.34. The molecular formula is C15H24BrNOS. The summed E-state index contributed by atoms with van der Waals surface area (Å²) in [6.45, 7) is 7.05. The Morgan fingerprint density at radius 1 is 1.21 bits per heavy atom. The van der Waals surface area contributed by atoms with Crippen molar-refractivity contribution in [2.24, 2.45) is 0 Å². The van der Waals surface area contributed by atoms with Gasteiger partial charge in [-0.3, -0.25) is 0 Å². The van der Waals surface area contributed by atoms with Crippen molar-refractivity contribution in [1.82, 2.24) is 5.32 Å². The number of ether oxygens (including phenoxy) is 1. The van der Waals surface area contributed by atoms with Crippen molar-refractivity contribution in [3.05, 3.63) is 28.7 Å². The van der Waals surface area contributed by atoms with Gasteiger partial charge < -0.3 is 10.1 Å². The maximum Gasteiger partial charge on any atom is 0.0627 e. The highest BCUT2D eigenvalue weighted by Gasteiger charge is 2.08. The third-order valence-corrected chi connectivity index (χ3v) is 4.32. The molecule has 19 heavy (non-hydrogen) atoms. The van der Waals surface area contributed by atoms with Gasteiger partial charge in [-0.2, -0.15) is 0 Å². The molecule has 0 radical (unpaired) electrons. The highest BCUT2D eigenvalue weighted by molar-refractivity contribution is 9.10. The Bertz CT molecular complexity index is 331. The summed E-state index contributed by atoms with van der Waals surface area (Å²) in [5.41, 5.74) is 0. The van der Waals surface area contributed by atoms with E-state index >= 15 is 0 Å². The summed E-state index contributed by atoms with van der Waals surface area (Å²) in [5.74, 6) is 1.05. The van der Waals surface area contributed by atoms with Crippen LogP contribution in [0.1, 0.15) is 26.7 Å². The van der Waals surface area contributed by atoms with Crippen LogP contribution in [0.15, 0.2) is 33.6 Å². The van der Waals surface area contributed by atoms with E-state index in [0.717, 1.165) is 42.8 Å². The van der Waals surface area contributed by atoms with Gasteiger partial charge in [-0.15, -0.1) is 11.8 Å². The Labute approximate surface area is 129 Å². The highest BCUT2D eigenvalue weighted by Crippen LogP contribution is 2.21. The quantitative estimate of drug-likeness (QED) is 0.503. The monoisotopic (exact) mass is 345 g/mol. The molecule has 0 heterocycles. The Morgan fingerprint density at radius 2 is 1.95 bits per heavy atom. The molecule has 0 fully saturated rings. The number of thioether (sulfide) groups is 1. The lowest BCUT2D eigenvalue weighted by molar-refractivity contribution is 0.117. The van der Waals surface area contributed by atoms with Gasteiger partial charge in [0.25, 0.3) is 0 Å². The van der Waals surface area contributed by atoms with Gasteiger partial charge >= 0.3 is 0 Å². The number of rotatable bonds is 10. The van der Waals surface area contributed by atoms with Crippen LogP contribution in [0, 0.1) is 0 Å². The maximum absolute atomic E-state index is 5.67. The zero-order chi connectivity index (χ0) is 13.9. The molecular weight excluding hydrogens is 322 g/mol. The molecule has 0 amide bonds. The molecule has 0 aliphatic carbocycles. The summed E-state index contributed by atoms with van der Waals surface area (Å²) in [5, 5.41) is 3.55. The van der Waals surface area contributed by atoms with Crippen LogP contribution in [0.2, 0.25) is 0 Å². The molecule has 2 nitrogen and oxygen atoms in total. The van der Waals surface area contributed by atoms with Crippen LogP contribution in [0.5, 0.6) is 0 Å². The molecule has 1 aromatic carbocycles. The summed E-state index contributed by atoms with van der Waals surface area (Å²) in [6.07, 6.45) is 2.24. The van der Waals surface area contributed by atoms with Gasteiger partial charge in [-0.05, 0) is 43.7 Å². The van der Waals surface area contributed by atoms with Gasteiger partial charge in [-0.1, -0.05) is 29.8 Å². The highest BCUT2D eigenvalue weighted by atomic mass is 79.9. The van der Waals surface area contributed by atoms with Crippen molar-refractivity contribution in [2.75, 3.05) is 25.5 Å². The number of nitrogens with one attached hydrogen (secondary N) is 1. The Balaban J connectivity index is 2.35. The van der Waals surface area contributed by atoms with Gasteiger partial charge in [0.05, 0.1) is 6.61 Å². The van der Waals surface area contributed by atoms with Gasteiger partial charge in [0.15, 0.2) is 0 Å². The molecule has 0 saturated carbocycles. The Hall–Kier alpha value is -0.0300. The maximum atomic E-state index is 5.67. The standard InChI is InChI=1S/C15H24BrNOS/c1-3-9-17-14(11-18-10-4-2)12-19-15-7-5-13(16)6-8-15/h5-8,14,17H,3-4,9-12H2,1-2H3. The van der Waals surface area contributed by atoms with E-state index in [-0.39, 0.29) is 0 Å². The van der Waals surface area contributed by atoms with Crippen LogP contribution < -0.4 is 5.32 Å². The lowest BCUT2D eigenvalue weighted by atomic mass is 10.3. The van der Waals surface area contributed by atoms with E-state index < -0.39 is 0 Å². The third-order valence-electron chi connectivity index (χ3n) is 2.62. The number of halogens is 1. The molecule has 0 aromatic heterocycles. The normalized spacial score (nSPS) is 12.6. The van der Waals surface area contributed by atoms with Crippen molar-refractivity contribution >= 4 is 27.7 Å². The molecule has 108 valence electrons. The second-order valence-corrected chi connectivity index (χ2v) is 6.50. The van der Waals surface area contributed by atoms with Crippen molar-refractivity contribution in [1.29, 1.82) is 0 Å². The molecule has 4 heteroatoms. The number of hydrogen-bond donors (Lipinski definition) is 1. The van der Waals surface area contributed by atoms with Crippen molar-refractivity contribution in [3.8, 4) is 0 Å². The Morgan fingerprint density at radius 3 is 2.58 bits per heavy atom. The first-order chi connectivity index (χ1) is 9.26. The van der Waals surface area contributed by atoms with Crippen LogP contribution >= 0.6 is 27.7 Å². The zero-order valence-electron chi connectivity index (χ0n) is 11.8. The predicted octanol–water partition coefficient (Wildman–Crippen LogP) is 4.34. The van der Waals surface area contributed by atoms with E-state index in [1.165, 1.54) is 4.90 Å². The SMILES string of the molecule is CCCNC(COCCC)CSc1ccc(Br)cc1. The number of benzene rings is 1. The molecule has 0 spiro atoms. The minimum Gasteiger partial charge on any atom is -0.380 e. The van der Waals surface area contributed by atoms with Crippen LogP contribution in [0.4, 0.5) is 0 Å². The molecule has 0 saturated heterocycles. The van der Waals surface area contributed by atoms with Crippen LogP contribution in [-0.4, -0.2) is 31.6 Å². The average molecular weight is 346 g/mol. The van der Waals surface area contributed by atoms with E-state index in [9.17, 15) is 0 Å². The fraction of sp³-hybridized carbons (Fsp3) is 0.600. The van der Waals surface area contributed by atoms with E-state index in [1.807, 2.05) is 11.8 Å².